The van der Waals surface area contributed by atoms with Crippen LogP contribution in [0.25, 0.3) is 0 Å². The highest BCUT2D eigenvalue weighted by atomic mass is 16.5. The van der Waals surface area contributed by atoms with Gasteiger partial charge in [-0.2, -0.15) is 0 Å². The Bertz CT molecular complexity index is 669. The monoisotopic (exact) mass is 340 g/mol. The van der Waals surface area contributed by atoms with Gasteiger partial charge in [-0.25, -0.2) is 0 Å². The van der Waals surface area contributed by atoms with E-state index >= 15 is 0 Å². The first kappa shape index (κ1) is 18.5. The molecule has 5 nitrogen and oxygen atoms in total. The molecule has 5 heteroatoms. The quantitative estimate of drug-likeness (QED) is 0.689. The lowest BCUT2D eigenvalue weighted by Crippen LogP contribution is -2.26. The van der Waals surface area contributed by atoms with E-state index in [-0.39, 0.29) is 11.8 Å². The van der Waals surface area contributed by atoms with Crippen LogP contribution in [0.15, 0.2) is 54.6 Å². The van der Waals surface area contributed by atoms with Crippen LogP contribution in [0.3, 0.4) is 0 Å². The first-order valence-electron chi connectivity index (χ1n) is 8.44. The van der Waals surface area contributed by atoms with Gasteiger partial charge in [-0.3, -0.25) is 9.59 Å². The van der Waals surface area contributed by atoms with Crippen molar-refractivity contribution in [3.05, 3.63) is 60.2 Å². The lowest BCUT2D eigenvalue weighted by molar-refractivity contribution is -0.120. The average molecular weight is 340 g/mol. The molecule has 132 valence electrons. The van der Waals surface area contributed by atoms with Crippen LogP contribution in [-0.2, 0) is 16.0 Å². The predicted molar refractivity (Wildman–Crippen MR) is 98.6 cm³/mol. The standard InChI is InChI=1S/C20H24N2O3/c1-16(23)22-18-11-9-17(10-12-18)15-20(24)21-13-5-6-14-25-19-7-3-2-4-8-19/h2-4,7-12H,5-6,13-15H2,1H3,(H,21,24)(H,22,23). The van der Waals surface area contributed by atoms with E-state index < -0.39 is 0 Å². The van der Waals surface area contributed by atoms with Gasteiger partial charge in [0.15, 0.2) is 0 Å². The Balaban J connectivity index is 1.58. The van der Waals surface area contributed by atoms with Crippen molar-refractivity contribution in [2.75, 3.05) is 18.5 Å². The highest BCUT2D eigenvalue weighted by Crippen LogP contribution is 2.10. The SMILES string of the molecule is CC(=O)Nc1ccc(CC(=O)NCCCCOc2ccccc2)cc1. The number of hydrogen-bond acceptors (Lipinski definition) is 3. The van der Waals surface area contributed by atoms with Crippen LogP contribution in [0.5, 0.6) is 5.75 Å². The molecule has 25 heavy (non-hydrogen) atoms. The minimum Gasteiger partial charge on any atom is -0.494 e. The summed E-state index contributed by atoms with van der Waals surface area (Å²) in [6.07, 6.45) is 2.10. The van der Waals surface area contributed by atoms with Gasteiger partial charge in [-0.05, 0) is 42.7 Å². The number of unbranched alkanes of at least 4 members (excludes halogenated alkanes) is 1. The zero-order chi connectivity index (χ0) is 17.9. The fourth-order valence-electron chi connectivity index (χ4n) is 2.32. The van der Waals surface area contributed by atoms with E-state index in [1.165, 1.54) is 6.92 Å². The van der Waals surface area contributed by atoms with Crippen LogP contribution < -0.4 is 15.4 Å². The van der Waals surface area contributed by atoms with Crippen molar-refractivity contribution < 1.29 is 14.3 Å². The number of carbonyl (C=O) groups excluding carboxylic acids is 2. The Morgan fingerprint density at radius 3 is 2.36 bits per heavy atom. The number of carbonyl (C=O) groups is 2. The van der Waals surface area contributed by atoms with Gasteiger partial charge in [0.1, 0.15) is 5.75 Å². The number of para-hydroxylation sites is 1. The predicted octanol–water partition coefficient (Wildman–Crippen LogP) is 3.16. The topological polar surface area (TPSA) is 67.4 Å². The summed E-state index contributed by atoms with van der Waals surface area (Å²) >= 11 is 0. The largest absolute Gasteiger partial charge is 0.494 e. The molecule has 0 heterocycles. The van der Waals surface area contributed by atoms with Crippen molar-refractivity contribution in [2.45, 2.75) is 26.2 Å². The Hall–Kier alpha value is -2.82. The Morgan fingerprint density at radius 2 is 1.68 bits per heavy atom. The van der Waals surface area contributed by atoms with Gasteiger partial charge in [0.25, 0.3) is 0 Å². The highest BCUT2D eigenvalue weighted by Gasteiger charge is 2.03. The van der Waals surface area contributed by atoms with E-state index in [1.54, 1.807) is 12.1 Å². The Kier molecular flexibility index (Phi) is 7.50. The molecule has 0 radical (unpaired) electrons. The highest BCUT2D eigenvalue weighted by molar-refractivity contribution is 5.88. The van der Waals surface area contributed by atoms with E-state index in [9.17, 15) is 9.59 Å². The number of rotatable bonds is 9. The maximum absolute atomic E-state index is 11.9. The first-order chi connectivity index (χ1) is 12.1. The molecule has 0 bridgehead atoms. The maximum atomic E-state index is 11.9. The third-order valence-electron chi connectivity index (χ3n) is 3.54. The van der Waals surface area contributed by atoms with Crippen LogP contribution in [-0.4, -0.2) is 25.0 Å². The van der Waals surface area contributed by atoms with Crippen molar-refractivity contribution in [3.63, 3.8) is 0 Å². The van der Waals surface area contributed by atoms with Crippen LogP contribution >= 0.6 is 0 Å². The minimum absolute atomic E-state index is 0.00347. The molecule has 0 spiro atoms. The van der Waals surface area contributed by atoms with Gasteiger partial charge < -0.3 is 15.4 Å². The van der Waals surface area contributed by atoms with Crippen LogP contribution in [0.1, 0.15) is 25.3 Å². The molecule has 0 fully saturated rings. The summed E-state index contributed by atoms with van der Waals surface area (Å²) in [7, 11) is 0. The third-order valence-corrected chi connectivity index (χ3v) is 3.54. The summed E-state index contributed by atoms with van der Waals surface area (Å²) in [6, 6.07) is 17.0. The molecule has 0 saturated carbocycles. The van der Waals surface area contributed by atoms with E-state index in [2.05, 4.69) is 10.6 Å². The smallest absolute Gasteiger partial charge is 0.224 e. The fraction of sp³-hybridized carbons (Fsp3) is 0.300. The van der Waals surface area contributed by atoms with Gasteiger partial charge in [-0.15, -0.1) is 0 Å². The molecule has 2 N–H and O–H groups in total. The van der Waals surface area contributed by atoms with Crippen molar-refractivity contribution in [2.24, 2.45) is 0 Å². The number of hydrogen-bond donors (Lipinski definition) is 2. The summed E-state index contributed by atoms with van der Waals surface area (Å²) < 4.78 is 5.60. The fourth-order valence-corrected chi connectivity index (χ4v) is 2.32. The second-order valence-corrected chi connectivity index (χ2v) is 5.77. The van der Waals surface area contributed by atoms with Crippen LogP contribution in [0, 0.1) is 0 Å². The molecular weight excluding hydrogens is 316 g/mol. The summed E-state index contributed by atoms with van der Waals surface area (Å²) in [4.78, 5) is 22.9. The Labute approximate surface area is 148 Å². The molecule has 0 saturated heterocycles. The lowest BCUT2D eigenvalue weighted by atomic mass is 10.1. The summed E-state index contributed by atoms with van der Waals surface area (Å²) in [5.41, 5.74) is 1.65. The first-order valence-corrected chi connectivity index (χ1v) is 8.44. The summed E-state index contributed by atoms with van der Waals surface area (Å²) in [5.74, 6) is 0.757. The van der Waals surface area contributed by atoms with Crippen LogP contribution in [0.2, 0.25) is 0 Å². The van der Waals surface area contributed by atoms with Crippen molar-refractivity contribution in [1.29, 1.82) is 0 Å². The normalized spacial score (nSPS) is 10.1. The number of benzene rings is 2. The van der Waals surface area contributed by atoms with Gasteiger partial charge in [0, 0.05) is 19.2 Å². The molecule has 2 amide bonds. The molecule has 0 unspecified atom stereocenters. The van der Waals surface area contributed by atoms with E-state index in [1.807, 2.05) is 42.5 Å². The lowest BCUT2D eigenvalue weighted by Gasteiger charge is -2.08. The molecule has 0 aliphatic carbocycles. The third kappa shape index (κ3) is 7.52. The number of anilines is 1. The van der Waals surface area contributed by atoms with Crippen molar-refractivity contribution in [1.82, 2.24) is 5.32 Å². The molecule has 0 atom stereocenters. The van der Waals surface area contributed by atoms with Crippen molar-refractivity contribution in [3.8, 4) is 5.75 Å². The zero-order valence-corrected chi connectivity index (χ0v) is 14.5. The molecule has 2 rings (SSSR count). The molecule has 0 aliphatic rings. The van der Waals surface area contributed by atoms with E-state index in [4.69, 9.17) is 4.74 Å². The molecule has 2 aromatic rings. The number of ether oxygens (including phenoxy) is 1. The Morgan fingerprint density at radius 1 is 0.960 bits per heavy atom. The van der Waals surface area contributed by atoms with E-state index in [0.717, 1.165) is 29.8 Å². The van der Waals surface area contributed by atoms with Gasteiger partial charge >= 0.3 is 0 Å². The molecule has 0 aromatic heterocycles. The maximum Gasteiger partial charge on any atom is 0.224 e. The molecular formula is C20H24N2O3. The van der Waals surface area contributed by atoms with E-state index in [0.29, 0.717) is 19.6 Å². The number of nitrogens with one attached hydrogen (secondary N) is 2. The summed E-state index contributed by atoms with van der Waals surface area (Å²) in [5, 5.41) is 5.61. The second kappa shape index (κ2) is 10.1. The molecule has 0 aliphatic heterocycles. The van der Waals surface area contributed by atoms with Gasteiger partial charge in [0.2, 0.25) is 11.8 Å². The summed E-state index contributed by atoms with van der Waals surface area (Å²) in [6.45, 7) is 2.75. The minimum atomic E-state index is -0.110. The zero-order valence-electron chi connectivity index (χ0n) is 14.5. The number of amides is 2. The second-order valence-electron chi connectivity index (χ2n) is 5.77. The van der Waals surface area contributed by atoms with Gasteiger partial charge in [0.05, 0.1) is 13.0 Å². The molecule has 2 aromatic carbocycles. The van der Waals surface area contributed by atoms with Crippen molar-refractivity contribution >= 4 is 17.5 Å². The van der Waals surface area contributed by atoms with Gasteiger partial charge in [-0.1, -0.05) is 30.3 Å². The average Bonchev–Trinajstić information content (AvgIpc) is 2.60. The van der Waals surface area contributed by atoms with Crippen LogP contribution in [0.4, 0.5) is 5.69 Å².